The molecule has 19 heavy (non-hydrogen) atoms. The lowest BCUT2D eigenvalue weighted by molar-refractivity contribution is -0.416. The van der Waals surface area contributed by atoms with E-state index in [4.69, 9.17) is 0 Å². The van der Waals surface area contributed by atoms with E-state index in [0.29, 0.717) is 0 Å². The minimum Gasteiger partial charge on any atom is -0.295 e. The Morgan fingerprint density at radius 2 is 0.895 bits per heavy atom. The smallest absolute Gasteiger partial charge is 0.295 e. The van der Waals surface area contributed by atoms with E-state index in [1.165, 1.54) is 0 Å². The second-order valence-corrected chi connectivity index (χ2v) is 3.05. The minimum absolute atomic E-state index is 1.98. The molecular weight excluding hydrogens is 316 g/mol. The van der Waals surface area contributed by atoms with Crippen LogP contribution >= 0.6 is 0 Å². The van der Waals surface area contributed by atoms with Crippen molar-refractivity contribution in [2.45, 2.75) is 36.9 Å². The molecule has 0 bridgehead atoms. The van der Waals surface area contributed by atoms with Gasteiger partial charge in [-0.25, -0.2) is 4.39 Å². The third kappa shape index (κ3) is 4.95. The maximum absolute atomic E-state index is 12.3. The van der Waals surface area contributed by atoms with Gasteiger partial charge in [0.05, 0.1) is 0 Å². The van der Waals surface area contributed by atoms with E-state index >= 15 is 0 Å². The van der Waals surface area contributed by atoms with Gasteiger partial charge in [-0.15, -0.1) is 0 Å². The monoisotopic (exact) mass is 318 g/mol. The summed E-state index contributed by atoms with van der Waals surface area (Å²) in [7, 11) is 0. The van der Waals surface area contributed by atoms with Crippen LogP contribution in [0.4, 0.5) is 52.7 Å². The molecule has 116 valence electrons. The van der Waals surface area contributed by atoms with Gasteiger partial charge in [0.15, 0.2) is 0 Å². The summed E-state index contributed by atoms with van der Waals surface area (Å²) in [5.74, 6) is 0. The molecule has 0 aliphatic carbocycles. The van der Waals surface area contributed by atoms with Gasteiger partial charge in [-0.1, -0.05) is 0 Å². The molecule has 0 fully saturated rings. The fourth-order valence-electron chi connectivity index (χ4n) is 0.727. The highest BCUT2D eigenvalue weighted by atomic mass is 19.4. The molecule has 0 N–H and O–H groups in total. The van der Waals surface area contributed by atoms with E-state index in [1.807, 2.05) is 4.74 Å². The molecule has 0 spiro atoms. The van der Waals surface area contributed by atoms with Crippen molar-refractivity contribution in [3.63, 3.8) is 0 Å². The molecular formula is C6H2F12O. The van der Waals surface area contributed by atoms with Gasteiger partial charge in [-0.2, -0.15) is 48.3 Å². The first-order valence-corrected chi connectivity index (χ1v) is 3.89. The first-order chi connectivity index (χ1) is 7.99. The average Bonchev–Trinajstić information content (AvgIpc) is 2.08. The summed E-state index contributed by atoms with van der Waals surface area (Å²) in [5.41, 5.74) is 0. The zero-order valence-corrected chi connectivity index (χ0v) is 8.10. The first kappa shape index (κ1) is 18.1. The second kappa shape index (κ2) is 4.90. The highest BCUT2D eigenvalue weighted by Crippen LogP contribution is 2.43. The molecule has 0 aliphatic heterocycles. The number of rotatable bonds is 3. The van der Waals surface area contributed by atoms with Gasteiger partial charge in [0.1, 0.15) is 0 Å². The second-order valence-electron chi connectivity index (χ2n) is 3.05. The molecule has 0 amide bonds. The molecule has 0 saturated carbocycles. The topological polar surface area (TPSA) is 9.23 Å². The van der Waals surface area contributed by atoms with Crippen LogP contribution in [-0.2, 0) is 4.74 Å². The fraction of sp³-hybridized carbons (Fsp3) is 1.00. The highest BCUT2D eigenvalue weighted by molar-refractivity contribution is 4.82. The Morgan fingerprint density at radius 1 is 0.579 bits per heavy atom. The molecule has 0 aromatic carbocycles. The molecule has 0 aromatic heterocycles. The lowest BCUT2D eigenvalue weighted by Crippen LogP contribution is -2.53. The van der Waals surface area contributed by atoms with Crippen molar-refractivity contribution in [3.8, 4) is 0 Å². The number of halogens is 12. The largest absolute Gasteiger partial charge is 0.428 e. The number of ether oxygens (including phenoxy) is 1. The van der Waals surface area contributed by atoms with E-state index < -0.39 is 36.9 Å². The van der Waals surface area contributed by atoms with Crippen molar-refractivity contribution < 1.29 is 57.4 Å². The third-order valence-electron chi connectivity index (χ3n) is 1.45. The standard InChI is InChI=1S/C6H2F12O/c7-1(3(8,9)10)6(17,18)19-2(4(11,12)13)5(14,15)16/h1-2H. The predicted octanol–water partition coefficient (Wildman–Crippen LogP) is 3.99. The zero-order valence-electron chi connectivity index (χ0n) is 8.10. The molecule has 0 saturated heterocycles. The van der Waals surface area contributed by atoms with E-state index in [2.05, 4.69) is 0 Å². The zero-order chi connectivity index (χ0) is 15.9. The highest BCUT2D eigenvalue weighted by Gasteiger charge is 2.66. The summed E-state index contributed by atoms with van der Waals surface area (Å²) < 4.78 is 143. The Kier molecular flexibility index (Phi) is 4.68. The third-order valence-corrected chi connectivity index (χ3v) is 1.45. The summed E-state index contributed by atoms with van der Waals surface area (Å²) in [6.07, 6.45) is -36.3. The lowest BCUT2D eigenvalue weighted by atomic mass is 10.3. The summed E-state index contributed by atoms with van der Waals surface area (Å²) in [6.45, 7) is 0. The molecule has 0 radical (unpaired) electrons. The van der Waals surface area contributed by atoms with Crippen LogP contribution in [0.2, 0.25) is 0 Å². The Balaban J connectivity index is 5.27. The maximum atomic E-state index is 12.3. The fourth-order valence-corrected chi connectivity index (χ4v) is 0.727. The summed E-state index contributed by atoms with van der Waals surface area (Å²) in [4.78, 5) is 0. The molecule has 13 heteroatoms. The van der Waals surface area contributed by atoms with E-state index in [9.17, 15) is 52.7 Å². The van der Waals surface area contributed by atoms with Crippen molar-refractivity contribution in [2.75, 3.05) is 0 Å². The molecule has 0 aromatic rings. The Bertz CT molecular complexity index is 283. The van der Waals surface area contributed by atoms with Crippen LogP contribution in [-0.4, -0.2) is 36.9 Å². The van der Waals surface area contributed by atoms with Crippen molar-refractivity contribution in [2.24, 2.45) is 0 Å². The number of hydrogen-bond donors (Lipinski definition) is 0. The van der Waals surface area contributed by atoms with Crippen LogP contribution < -0.4 is 0 Å². The predicted molar refractivity (Wildman–Crippen MR) is 32.9 cm³/mol. The Hall–Kier alpha value is -0.880. The minimum atomic E-state index is -6.49. The van der Waals surface area contributed by atoms with Crippen LogP contribution in [0.1, 0.15) is 0 Å². The SMILES string of the molecule is FC(C(F)(F)F)C(F)(F)OC(C(F)(F)F)C(F)(F)F. The van der Waals surface area contributed by atoms with Crippen LogP contribution in [0.25, 0.3) is 0 Å². The maximum Gasteiger partial charge on any atom is 0.428 e. The molecule has 1 unspecified atom stereocenters. The lowest BCUT2D eigenvalue weighted by Gasteiger charge is -2.29. The van der Waals surface area contributed by atoms with Gasteiger partial charge in [0.2, 0.25) is 0 Å². The van der Waals surface area contributed by atoms with Crippen molar-refractivity contribution in [3.05, 3.63) is 0 Å². The van der Waals surface area contributed by atoms with Gasteiger partial charge >= 0.3 is 24.6 Å². The molecule has 0 aliphatic rings. The summed E-state index contributed by atoms with van der Waals surface area (Å²) in [6, 6.07) is 0. The van der Waals surface area contributed by atoms with Crippen LogP contribution in [0.5, 0.6) is 0 Å². The van der Waals surface area contributed by atoms with Gasteiger partial charge in [0.25, 0.3) is 12.3 Å². The van der Waals surface area contributed by atoms with E-state index in [-0.39, 0.29) is 0 Å². The van der Waals surface area contributed by atoms with Crippen molar-refractivity contribution in [1.29, 1.82) is 0 Å². The van der Waals surface area contributed by atoms with Gasteiger partial charge in [-0.05, 0) is 0 Å². The normalized spacial score (nSPS) is 16.9. The molecule has 1 atom stereocenters. The van der Waals surface area contributed by atoms with E-state index in [1.54, 1.807) is 0 Å². The Morgan fingerprint density at radius 3 is 1.11 bits per heavy atom. The van der Waals surface area contributed by atoms with Crippen LogP contribution in [0, 0.1) is 0 Å². The van der Waals surface area contributed by atoms with Gasteiger partial charge < -0.3 is 0 Å². The Labute approximate surface area is 95.7 Å². The average molecular weight is 318 g/mol. The number of alkyl halides is 12. The molecule has 0 rings (SSSR count). The molecule has 0 heterocycles. The van der Waals surface area contributed by atoms with Crippen molar-refractivity contribution >= 4 is 0 Å². The quantitative estimate of drug-likeness (QED) is 0.715. The number of hydrogen-bond acceptors (Lipinski definition) is 1. The van der Waals surface area contributed by atoms with Crippen LogP contribution in [0.15, 0.2) is 0 Å². The van der Waals surface area contributed by atoms with E-state index in [0.717, 1.165) is 0 Å². The molecule has 1 nitrogen and oxygen atoms in total. The van der Waals surface area contributed by atoms with Gasteiger partial charge in [-0.3, -0.25) is 4.74 Å². The van der Waals surface area contributed by atoms with Crippen molar-refractivity contribution in [1.82, 2.24) is 0 Å². The van der Waals surface area contributed by atoms with Crippen LogP contribution in [0.3, 0.4) is 0 Å². The van der Waals surface area contributed by atoms with Gasteiger partial charge in [0, 0.05) is 0 Å². The summed E-state index contributed by atoms with van der Waals surface area (Å²) in [5, 5.41) is 0. The summed E-state index contributed by atoms with van der Waals surface area (Å²) >= 11 is 0. The first-order valence-electron chi connectivity index (χ1n) is 3.89.